The van der Waals surface area contributed by atoms with Crippen LogP contribution in [0.25, 0.3) is 0 Å². The van der Waals surface area contributed by atoms with Crippen LogP contribution in [0.4, 0.5) is 5.69 Å². The Morgan fingerprint density at radius 1 is 1.45 bits per heavy atom. The highest BCUT2D eigenvalue weighted by Gasteiger charge is 2.19. The molecular formula is C15H19N3O2. The molecule has 5 heteroatoms. The molecule has 1 aromatic carbocycles. The fourth-order valence-corrected chi connectivity index (χ4v) is 2.33. The summed E-state index contributed by atoms with van der Waals surface area (Å²) in [5.41, 5.74) is 1.29. The average molecular weight is 273 g/mol. The molecule has 0 bridgehead atoms. The molecule has 0 saturated carbocycles. The molecule has 0 aromatic heterocycles. The van der Waals surface area contributed by atoms with Gasteiger partial charge in [-0.25, -0.2) is 0 Å². The minimum absolute atomic E-state index is 0.0190. The van der Waals surface area contributed by atoms with Gasteiger partial charge in [0.25, 0.3) is 0 Å². The molecule has 1 atom stereocenters. The number of aliphatic hydroxyl groups excluding tert-OH is 1. The van der Waals surface area contributed by atoms with Crippen LogP contribution < -0.4 is 5.32 Å². The van der Waals surface area contributed by atoms with Crippen molar-refractivity contribution in [1.82, 2.24) is 4.90 Å². The number of rotatable bonds is 5. The molecule has 1 aromatic rings. The van der Waals surface area contributed by atoms with E-state index in [2.05, 4.69) is 10.2 Å². The van der Waals surface area contributed by atoms with Gasteiger partial charge in [0, 0.05) is 25.2 Å². The van der Waals surface area contributed by atoms with Crippen molar-refractivity contribution in [1.29, 1.82) is 5.26 Å². The summed E-state index contributed by atoms with van der Waals surface area (Å²) >= 11 is 0. The number of nitrogens with one attached hydrogen (secondary N) is 1. The fraction of sp³-hybridized carbons (Fsp3) is 0.467. The van der Waals surface area contributed by atoms with E-state index in [1.165, 1.54) is 0 Å². The van der Waals surface area contributed by atoms with Crippen LogP contribution in [-0.2, 0) is 4.79 Å². The van der Waals surface area contributed by atoms with Crippen molar-refractivity contribution in [3.05, 3.63) is 29.8 Å². The molecule has 20 heavy (non-hydrogen) atoms. The van der Waals surface area contributed by atoms with Crippen LogP contribution >= 0.6 is 0 Å². The number of carbonyl (C=O) groups excluding carboxylic acids is 1. The molecule has 5 nitrogen and oxygen atoms in total. The van der Waals surface area contributed by atoms with Gasteiger partial charge < -0.3 is 15.3 Å². The smallest absolute Gasteiger partial charge is 0.224 e. The summed E-state index contributed by atoms with van der Waals surface area (Å²) in [6, 6.07) is 8.86. The van der Waals surface area contributed by atoms with Gasteiger partial charge >= 0.3 is 0 Å². The Bertz CT molecular complexity index is 493. The summed E-state index contributed by atoms with van der Waals surface area (Å²) in [7, 11) is 0. The normalized spacial score (nSPS) is 18.7. The third kappa shape index (κ3) is 4.34. The third-order valence-electron chi connectivity index (χ3n) is 3.42. The molecule has 1 aliphatic rings. The number of β-amino-alcohol motifs (C(OH)–C–C–N with tert-alkyl or cyclic N) is 1. The standard InChI is InChI=1S/C15H19N3O2/c16-10-12-3-5-13(6-4-12)17-15(20)2-1-8-18-9-7-14(19)11-18/h3-6,14,19H,1-2,7-9,11H2,(H,17,20). The Balaban J connectivity index is 1.68. The lowest BCUT2D eigenvalue weighted by Crippen LogP contribution is -2.24. The van der Waals surface area contributed by atoms with Crippen molar-refractivity contribution in [3.8, 4) is 6.07 Å². The van der Waals surface area contributed by atoms with Gasteiger partial charge in [0.05, 0.1) is 17.7 Å². The number of nitriles is 1. The Labute approximate surface area is 118 Å². The monoisotopic (exact) mass is 273 g/mol. The van der Waals surface area contributed by atoms with E-state index < -0.39 is 0 Å². The predicted molar refractivity (Wildman–Crippen MR) is 76.1 cm³/mol. The summed E-state index contributed by atoms with van der Waals surface area (Å²) in [5, 5.41) is 20.9. The Hall–Kier alpha value is -1.90. The molecule has 1 aliphatic heterocycles. The van der Waals surface area contributed by atoms with Crippen molar-refractivity contribution in [3.63, 3.8) is 0 Å². The van der Waals surface area contributed by atoms with E-state index in [1.807, 2.05) is 6.07 Å². The van der Waals surface area contributed by atoms with Crippen LogP contribution in [0.5, 0.6) is 0 Å². The summed E-state index contributed by atoms with van der Waals surface area (Å²) < 4.78 is 0. The zero-order valence-electron chi connectivity index (χ0n) is 11.4. The van der Waals surface area contributed by atoms with Gasteiger partial charge in [-0.2, -0.15) is 5.26 Å². The maximum atomic E-state index is 11.8. The van der Waals surface area contributed by atoms with Crippen molar-refractivity contribution < 1.29 is 9.90 Å². The Morgan fingerprint density at radius 3 is 2.80 bits per heavy atom. The molecule has 2 N–H and O–H groups in total. The number of amides is 1. The SMILES string of the molecule is N#Cc1ccc(NC(=O)CCCN2CCC(O)C2)cc1. The first-order valence-corrected chi connectivity index (χ1v) is 6.88. The quantitative estimate of drug-likeness (QED) is 0.849. The molecule has 1 heterocycles. The van der Waals surface area contributed by atoms with Crippen LogP contribution in [0.3, 0.4) is 0 Å². The van der Waals surface area contributed by atoms with E-state index >= 15 is 0 Å². The molecule has 2 rings (SSSR count). The first-order chi connectivity index (χ1) is 9.67. The molecular weight excluding hydrogens is 254 g/mol. The molecule has 0 spiro atoms. The third-order valence-corrected chi connectivity index (χ3v) is 3.42. The first kappa shape index (κ1) is 14.5. The van der Waals surface area contributed by atoms with Crippen LogP contribution in [0, 0.1) is 11.3 Å². The number of likely N-dealkylation sites (tertiary alicyclic amines) is 1. The van der Waals surface area contributed by atoms with E-state index in [9.17, 15) is 9.90 Å². The summed E-state index contributed by atoms with van der Waals surface area (Å²) in [4.78, 5) is 13.9. The lowest BCUT2D eigenvalue weighted by Gasteiger charge is -2.14. The predicted octanol–water partition coefficient (Wildman–Crippen LogP) is 1.34. The summed E-state index contributed by atoms with van der Waals surface area (Å²) in [5.74, 6) is -0.0190. The second-order valence-corrected chi connectivity index (χ2v) is 5.08. The molecule has 1 saturated heterocycles. The van der Waals surface area contributed by atoms with Crippen LogP contribution in [0.15, 0.2) is 24.3 Å². The van der Waals surface area contributed by atoms with E-state index in [1.54, 1.807) is 24.3 Å². The summed E-state index contributed by atoms with van der Waals surface area (Å²) in [6.45, 7) is 2.48. The van der Waals surface area contributed by atoms with Crippen molar-refractivity contribution in [2.24, 2.45) is 0 Å². The zero-order valence-corrected chi connectivity index (χ0v) is 11.4. The molecule has 0 radical (unpaired) electrons. The van der Waals surface area contributed by atoms with E-state index in [0.717, 1.165) is 32.5 Å². The molecule has 1 unspecified atom stereocenters. The molecule has 1 amide bonds. The number of hydrogen-bond donors (Lipinski definition) is 2. The minimum Gasteiger partial charge on any atom is -0.392 e. The summed E-state index contributed by atoms with van der Waals surface area (Å²) in [6.07, 6.45) is 1.88. The average Bonchev–Trinajstić information content (AvgIpc) is 2.85. The van der Waals surface area contributed by atoms with Gasteiger partial charge in [0.1, 0.15) is 0 Å². The van der Waals surface area contributed by atoms with Crippen LogP contribution in [-0.4, -0.2) is 41.7 Å². The van der Waals surface area contributed by atoms with Gasteiger partial charge in [0.15, 0.2) is 0 Å². The van der Waals surface area contributed by atoms with Crippen LogP contribution in [0.1, 0.15) is 24.8 Å². The zero-order chi connectivity index (χ0) is 14.4. The number of benzene rings is 1. The topological polar surface area (TPSA) is 76.4 Å². The lowest BCUT2D eigenvalue weighted by atomic mass is 10.2. The van der Waals surface area contributed by atoms with Crippen LogP contribution in [0.2, 0.25) is 0 Å². The highest BCUT2D eigenvalue weighted by atomic mass is 16.3. The van der Waals surface area contributed by atoms with Gasteiger partial charge in [-0.15, -0.1) is 0 Å². The van der Waals surface area contributed by atoms with E-state index in [-0.39, 0.29) is 12.0 Å². The largest absolute Gasteiger partial charge is 0.392 e. The van der Waals surface area contributed by atoms with Gasteiger partial charge in [-0.05, 0) is 43.7 Å². The second-order valence-electron chi connectivity index (χ2n) is 5.08. The maximum absolute atomic E-state index is 11.8. The van der Waals surface area contributed by atoms with Crippen molar-refractivity contribution in [2.45, 2.75) is 25.4 Å². The number of aliphatic hydroxyl groups is 1. The molecule has 0 aliphatic carbocycles. The van der Waals surface area contributed by atoms with Gasteiger partial charge in [-0.3, -0.25) is 4.79 Å². The van der Waals surface area contributed by atoms with Crippen molar-refractivity contribution >= 4 is 11.6 Å². The minimum atomic E-state index is -0.206. The Morgan fingerprint density at radius 2 is 2.20 bits per heavy atom. The first-order valence-electron chi connectivity index (χ1n) is 6.88. The molecule has 106 valence electrons. The number of nitrogens with zero attached hydrogens (tertiary/aromatic N) is 2. The Kier molecular flexibility index (Phi) is 5.10. The van der Waals surface area contributed by atoms with Gasteiger partial charge in [-0.1, -0.05) is 0 Å². The van der Waals surface area contributed by atoms with E-state index in [4.69, 9.17) is 5.26 Å². The fourth-order valence-electron chi connectivity index (χ4n) is 2.33. The number of anilines is 1. The van der Waals surface area contributed by atoms with Crippen molar-refractivity contribution in [2.75, 3.05) is 25.0 Å². The lowest BCUT2D eigenvalue weighted by molar-refractivity contribution is -0.116. The number of hydrogen-bond acceptors (Lipinski definition) is 4. The molecule has 1 fully saturated rings. The van der Waals surface area contributed by atoms with Gasteiger partial charge in [0.2, 0.25) is 5.91 Å². The maximum Gasteiger partial charge on any atom is 0.224 e. The van der Waals surface area contributed by atoms with E-state index in [0.29, 0.717) is 17.7 Å². The highest BCUT2D eigenvalue weighted by Crippen LogP contribution is 2.11. The number of carbonyl (C=O) groups is 1. The highest BCUT2D eigenvalue weighted by molar-refractivity contribution is 5.90. The second kappa shape index (κ2) is 7.04.